The van der Waals surface area contributed by atoms with Crippen LogP contribution >= 0.6 is 15.9 Å². The van der Waals surface area contributed by atoms with E-state index in [1.165, 1.54) is 6.07 Å². The Kier molecular flexibility index (Phi) is 3.26. The monoisotopic (exact) mass is 377 g/mol. The van der Waals surface area contributed by atoms with E-state index in [1.54, 1.807) is 12.1 Å². The van der Waals surface area contributed by atoms with Crippen LogP contribution in [0.5, 0.6) is 0 Å². The maximum atomic E-state index is 13.6. The lowest BCUT2D eigenvalue weighted by molar-refractivity contribution is -0.116. The van der Waals surface area contributed by atoms with E-state index < -0.39 is 5.92 Å². The largest absolute Gasteiger partial charge is 0.343 e. The van der Waals surface area contributed by atoms with Crippen molar-refractivity contribution in [1.82, 2.24) is 10.2 Å². The molecule has 0 fully saturated rings. The SMILES string of the molecule is O=C1CCCC2=C1[C@H](c1ccc(F)c(Br)c1)c1c([nH][nH]c1=O)N2. The number of carbonyl (C=O) groups is 1. The highest BCUT2D eigenvalue weighted by molar-refractivity contribution is 9.10. The van der Waals surface area contributed by atoms with Gasteiger partial charge in [-0.05, 0) is 46.5 Å². The van der Waals surface area contributed by atoms with Crippen molar-refractivity contribution in [2.75, 3.05) is 5.32 Å². The second-order valence-corrected chi connectivity index (χ2v) is 6.62. The number of fused-ring (bicyclic) bond motifs is 1. The normalized spacial score (nSPS) is 20.1. The first-order valence-corrected chi connectivity index (χ1v) is 8.14. The second-order valence-electron chi connectivity index (χ2n) is 5.77. The quantitative estimate of drug-likeness (QED) is 0.714. The number of H-pyrrole nitrogens is 2. The van der Waals surface area contributed by atoms with Crippen molar-refractivity contribution in [3.05, 3.63) is 61.2 Å². The van der Waals surface area contributed by atoms with E-state index in [-0.39, 0.29) is 17.2 Å². The summed E-state index contributed by atoms with van der Waals surface area (Å²) in [6.07, 6.45) is 2.01. The fraction of sp³-hybridized carbons (Fsp3) is 0.250. The van der Waals surface area contributed by atoms with Gasteiger partial charge in [0.05, 0.1) is 10.0 Å². The summed E-state index contributed by atoms with van der Waals surface area (Å²) in [6, 6.07) is 4.60. The zero-order valence-corrected chi connectivity index (χ0v) is 13.6. The van der Waals surface area contributed by atoms with Crippen molar-refractivity contribution in [3.63, 3.8) is 0 Å². The first kappa shape index (κ1) is 14.4. The van der Waals surface area contributed by atoms with Gasteiger partial charge in [-0.1, -0.05) is 6.07 Å². The second kappa shape index (κ2) is 5.19. The Balaban J connectivity index is 1.97. The Hall–Kier alpha value is -2.15. The molecule has 1 atom stereocenters. The van der Waals surface area contributed by atoms with Crippen LogP contribution in [0.25, 0.3) is 0 Å². The van der Waals surface area contributed by atoms with Crippen LogP contribution in [0.2, 0.25) is 0 Å². The maximum Gasteiger partial charge on any atom is 0.270 e. The number of Topliss-reactive ketones (excluding diaryl/α,β-unsaturated/α-hetero) is 1. The van der Waals surface area contributed by atoms with Gasteiger partial charge in [0, 0.05) is 23.6 Å². The van der Waals surface area contributed by atoms with E-state index >= 15 is 0 Å². The molecule has 7 heteroatoms. The molecule has 1 aromatic carbocycles. The highest BCUT2D eigenvalue weighted by atomic mass is 79.9. The van der Waals surface area contributed by atoms with E-state index in [2.05, 4.69) is 31.4 Å². The molecule has 3 N–H and O–H groups in total. The summed E-state index contributed by atoms with van der Waals surface area (Å²) in [6.45, 7) is 0. The molecule has 1 aromatic heterocycles. The molecule has 2 aliphatic rings. The Labute approximate surface area is 139 Å². The molecule has 0 saturated heterocycles. The third kappa shape index (κ3) is 2.18. The molecule has 0 unspecified atom stereocenters. The molecule has 0 spiro atoms. The Bertz CT molecular complexity index is 912. The molecule has 2 aromatic rings. The number of nitrogens with one attached hydrogen (secondary N) is 3. The minimum Gasteiger partial charge on any atom is -0.343 e. The van der Waals surface area contributed by atoms with Crippen molar-refractivity contribution in [3.8, 4) is 0 Å². The summed E-state index contributed by atoms with van der Waals surface area (Å²) < 4.78 is 13.9. The van der Waals surface area contributed by atoms with Gasteiger partial charge in [0.15, 0.2) is 5.78 Å². The Morgan fingerprint density at radius 2 is 2.00 bits per heavy atom. The van der Waals surface area contributed by atoms with Crippen LogP contribution in [0.3, 0.4) is 0 Å². The molecule has 23 heavy (non-hydrogen) atoms. The van der Waals surface area contributed by atoms with E-state index in [0.717, 1.165) is 18.5 Å². The average molecular weight is 378 g/mol. The van der Waals surface area contributed by atoms with Gasteiger partial charge in [-0.25, -0.2) is 4.39 Å². The summed E-state index contributed by atoms with van der Waals surface area (Å²) in [7, 11) is 0. The highest BCUT2D eigenvalue weighted by Gasteiger charge is 2.37. The van der Waals surface area contributed by atoms with Crippen molar-refractivity contribution in [1.29, 1.82) is 0 Å². The topological polar surface area (TPSA) is 77.8 Å². The summed E-state index contributed by atoms with van der Waals surface area (Å²) in [4.78, 5) is 24.7. The third-order valence-corrected chi connectivity index (χ3v) is 5.01. The fourth-order valence-electron chi connectivity index (χ4n) is 3.39. The van der Waals surface area contributed by atoms with Gasteiger partial charge >= 0.3 is 0 Å². The number of hydrogen-bond donors (Lipinski definition) is 3. The number of carbonyl (C=O) groups excluding carboxylic acids is 1. The van der Waals surface area contributed by atoms with E-state index in [0.29, 0.717) is 33.4 Å². The number of benzene rings is 1. The van der Waals surface area contributed by atoms with E-state index in [1.807, 2.05) is 0 Å². The van der Waals surface area contributed by atoms with Gasteiger partial charge in [0.25, 0.3) is 5.56 Å². The summed E-state index contributed by atoms with van der Waals surface area (Å²) in [5, 5.41) is 8.54. The van der Waals surface area contributed by atoms with Gasteiger partial charge in [-0.15, -0.1) is 0 Å². The average Bonchev–Trinajstić information content (AvgIpc) is 2.90. The van der Waals surface area contributed by atoms with Gasteiger partial charge in [0.2, 0.25) is 0 Å². The van der Waals surface area contributed by atoms with Crippen LogP contribution in [-0.4, -0.2) is 16.0 Å². The summed E-state index contributed by atoms with van der Waals surface area (Å²) >= 11 is 3.18. The zero-order chi connectivity index (χ0) is 16.1. The molecule has 5 nitrogen and oxygen atoms in total. The molecule has 0 saturated carbocycles. The molecule has 0 radical (unpaired) electrons. The summed E-state index contributed by atoms with van der Waals surface area (Å²) in [5.41, 5.74) is 2.37. The minimum absolute atomic E-state index is 0.0375. The predicted octanol–water partition coefficient (Wildman–Crippen LogP) is 3.17. The lowest BCUT2D eigenvalue weighted by Gasteiger charge is -2.31. The number of halogens is 2. The number of aromatic amines is 2. The predicted molar refractivity (Wildman–Crippen MR) is 86.9 cm³/mol. The first-order chi connectivity index (χ1) is 11.1. The molecule has 118 valence electrons. The van der Waals surface area contributed by atoms with Crippen LogP contribution in [-0.2, 0) is 4.79 Å². The minimum atomic E-state index is -0.485. The standard InChI is InChI=1S/C16H13BrFN3O2/c17-8-6-7(4-5-9(8)18)12-13-10(2-1-3-11(13)22)19-15-14(12)16(23)21-20-15/h4-6,12H,1-3H2,(H3,19,20,21,23)/t12-/m0/s1. The van der Waals surface area contributed by atoms with Crippen molar-refractivity contribution in [2.24, 2.45) is 0 Å². The number of ketones is 1. The van der Waals surface area contributed by atoms with Crippen LogP contribution in [0.4, 0.5) is 10.2 Å². The lowest BCUT2D eigenvalue weighted by Crippen LogP contribution is -2.29. The van der Waals surface area contributed by atoms with E-state index in [4.69, 9.17) is 0 Å². The van der Waals surface area contributed by atoms with Gasteiger partial charge in [-0.3, -0.25) is 19.8 Å². The summed E-state index contributed by atoms with van der Waals surface area (Å²) in [5.74, 6) is -0.250. The highest BCUT2D eigenvalue weighted by Crippen LogP contribution is 2.43. The zero-order valence-electron chi connectivity index (χ0n) is 12.0. The third-order valence-electron chi connectivity index (χ3n) is 4.40. The van der Waals surface area contributed by atoms with Crippen molar-refractivity contribution >= 4 is 27.5 Å². The fourth-order valence-corrected chi connectivity index (χ4v) is 3.79. The molecule has 0 bridgehead atoms. The number of rotatable bonds is 1. The maximum absolute atomic E-state index is 13.6. The molecule has 1 aliphatic heterocycles. The molecule has 0 amide bonds. The van der Waals surface area contributed by atoms with Crippen LogP contribution in [0.15, 0.2) is 38.7 Å². The van der Waals surface area contributed by atoms with Gasteiger partial charge in [0.1, 0.15) is 11.6 Å². The first-order valence-electron chi connectivity index (χ1n) is 7.35. The van der Waals surface area contributed by atoms with Crippen LogP contribution in [0, 0.1) is 5.82 Å². The van der Waals surface area contributed by atoms with Crippen molar-refractivity contribution in [2.45, 2.75) is 25.2 Å². The van der Waals surface area contributed by atoms with Crippen molar-refractivity contribution < 1.29 is 9.18 Å². The molecular weight excluding hydrogens is 365 g/mol. The van der Waals surface area contributed by atoms with Gasteiger partial charge < -0.3 is 5.32 Å². The Morgan fingerprint density at radius 1 is 1.17 bits per heavy atom. The van der Waals surface area contributed by atoms with E-state index in [9.17, 15) is 14.0 Å². The Morgan fingerprint density at radius 3 is 2.78 bits per heavy atom. The smallest absolute Gasteiger partial charge is 0.270 e. The molecular formula is C16H13BrFN3O2. The van der Waals surface area contributed by atoms with Gasteiger partial charge in [-0.2, -0.15) is 0 Å². The molecule has 2 heterocycles. The molecule has 1 aliphatic carbocycles. The number of anilines is 1. The van der Waals surface area contributed by atoms with Crippen LogP contribution in [0.1, 0.15) is 36.3 Å². The number of hydrogen-bond acceptors (Lipinski definition) is 3. The molecule has 4 rings (SSSR count). The number of aromatic nitrogens is 2. The van der Waals surface area contributed by atoms with Crippen LogP contribution < -0.4 is 10.9 Å². The lowest BCUT2D eigenvalue weighted by atomic mass is 9.77. The number of allylic oxidation sites excluding steroid dienone is 2.